The van der Waals surface area contributed by atoms with Gasteiger partial charge in [0, 0.05) is 48.8 Å². The Kier molecular flexibility index (Phi) is 12.6. The first-order valence-electron chi connectivity index (χ1n) is 16.2. The second kappa shape index (κ2) is 16.2. The van der Waals surface area contributed by atoms with Gasteiger partial charge >= 0.3 is 6.09 Å². The highest BCUT2D eigenvalue weighted by Crippen LogP contribution is 2.35. The van der Waals surface area contributed by atoms with Gasteiger partial charge in [0.15, 0.2) is 0 Å². The zero-order valence-corrected chi connectivity index (χ0v) is 28.8. The van der Waals surface area contributed by atoms with Crippen molar-refractivity contribution in [2.24, 2.45) is 5.73 Å². The topological polar surface area (TPSA) is 103 Å². The molecule has 2 aliphatic heterocycles. The summed E-state index contributed by atoms with van der Waals surface area (Å²) in [4.78, 5) is 28.6. The first kappa shape index (κ1) is 37.3. The zero-order chi connectivity index (χ0) is 35.1. The molecular weight excluding hydrogens is 640 g/mol. The number of rotatable bonds is 10. The van der Waals surface area contributed by atoms with Gasteiger partial charge in [0.25, 0.3) is 0 Å². The molecule has 3 N–H and O–H groups in total. The van der Waals surface area contributed by atoms with Gasteiger partial charge in [0.05, 0.1) is 30.8 Å². The van der Waals surface area contributed by atoms with Gasteiger partial charge in [-0.25, -0.2) is 13.6 Å². The lowest BCUT2D eigenvalue weighted by atomic mass is 9.84. The van der Waals surface area contributed by atoms with E-state index >= 15 is 0 Å². The minimum Gasteiger partial charge on any atom is -0.444 e. The van der Waals surface area contributed by atoms with Crippen LogP contribution in [0.2, 0.25) is 5.02 Å². The molecule has 48 heavy (non-hydrogen) atoms. The third-order valence-corrected chi connectivity index (χ3v) is 8.62. The van der Waals surface area contributed by atoms with E-state index in [9.17, 15) is 18.4 Å². The highest BCUT2D eigenvalue weighted by molar-refractivity contribution is 6.30. The van der Waals surface area contributed by atoms with Gasteiger partial charge in [0.2, 0.25) is 5.91 Å². The summed E-state index contributed by atoms with van der Waals surface area (Å²) in [5.74, 6) is -3.01. The fraction of sp³-hybridized carbons (Fsp3) is 0.459. The molecule has 0 saturated carbocycles. The van der Waals surface area contributed by atoms with Crippen molar-refractivity contribution in [3.63, 3.8) is 0 Å². The molecule has 260 valence electrons. The maximum atomic E-state index is 14.3. The summed E-state index contributed by atoms with van der Waals surface area (Å²) >= 11 is 6.09. The van der Waals surface area contributed by atoms with Crippen LogP contribution in [0.25, 0.3) is 0 Å². The van der Waals surface area contributed by atoms with E-state index < -0.39 is 40.7 Å². The molecule has 2 aliphatic rings. The number of benzene rings is 2. The minimum atomic E-state index is -1.23. The van der Waals surface area contributed by atoms with E-state index in [-0.39, 0.29) is 17.8 Å². The minimum absolute atomic E-state index is 0.210. The maximum Gasteiger partial charge on any atom is 0.410 e. The highest BCUT2D eigenvalue weighted by Gasteiger charge is 2.44. The van der Waals surface area contributed by atoms with E-state index in [1.165, 1.54) is 12.1 Å². The van der Waals surface area contributed by atoms with E-state index in [1.54, 1.807) is 41.3 Å². The predicted octanol–water partition coefficient (Wildman–Crippen LogP) is 7.18. The molecule has 0 aromatic heterocycles. The number of nitrogens with one attached hydrogen (secondary N) is 1. The van der Waals surface area contributed by atoms with Gasteiger partial charge in [0.1, 0.15) is 17.2 Å². The van der Waals surface area contributed by atoms with Crippen LogP contribution in [-0.4, -0.2) is 66.6 Å². The number of nitrogens with two attached hydrogens (primary N) is 1. The lowest BCUT2D eigenvalue weighted by Gasteiger charge is -2.48. The van der Waals surface area contributed by atoms with Crippen LogP contribution in [-0.2, 0) is 19.0 Å². The van der Waals surface area contributed by atoms with Crippen molar-refractivity contribution in [2.75, 3.05) is 26.3 Å². The Hall–Kier alpha value is -3.57. The Morgan fingerprint density at radius 1 is 1.15 bits per heavy atom. The summed E-state index contributed by atoms with van der Waals surface area (Å²) in [7, 11) is 0. The average molecular weight is 686 g/mol. The first-order valence-corrected chi connectivity index (χ1v) is 16.6. The summed E-state index contributed by atoms with van der Waals surface area (Å²) < 4.78 is 46.5. The number of hydrogen-bond acceptors (Lipinski definition) is 6. The number of morpholine rings is 1. The third kappa shape index (κ3) is 10.2. The largest absolute Gasteiger partial charge is 0.444 e. The van der Waals surface area contributed by atoms with Gasteiger partial charge in [-0.05, 0) is 87.6 Å². The second-order valence-electron chi connectivity index (χ2n) is 13.4. The lowest BCUT2D eigenvalue weighted by molar-refractivity contribution is -0.186. The molecular formula is C37H46ClF2N3O5. The van der Waals surface area contributed by atoms with E-state index in [0.717, 1.165) is 6.07 Å². The summed E-state index contributed by atoms with van der Waals surface area (Å²) in [5.41, 5.74) is 7.22. The van der Waals surface area contributed by atoms with E-state index in [2.05, 4.69) is 11.9 Å². The van der Waals surface area contributed by atoms with E-state index in [0.29, 0.717) is 73.8 Å². The molecule has 8 nitrogen and oxygen atoms in total. The summed E-state index contributed by atoms with van der Waals surface area (Å²) in [6.45, 7) is 13.5. The summed E-state index contributed by atoms with van der Waals surface area (Å²) in [5, 5.41) is 3.37. The standard InChI is InChI=1S/C37H46ClF2N3O5/c1-6-7-8-31(42-34(44)33(41)32(25-10-12-27(38)13-11-25)26-19-28(39)21-29(40)20-26)24(2)9-14-30-22-43(35(45)48-36(3,4)5)23-37(47-30)15-17-46-18-16-37/h6-8,10-13,19-21,30,32-33H,2,9,14-18,22-23,41H2,1,3-5H3,(H,42,44)/b7-6-,31-8+/t30-,32+,33+/m1/s1. The predicted molar refractivity (Wildman–Crippen MR) is 183 cm³/mol. The van der Waals surface area contributed by atoms with Crippen molar-refractivity contribution in [3.05, 3.63) is 106 Å². The zero-order valence-electron chi connectivity index (χ0n) is 28.1. The number of amides is 2. The molecule has 2 aromatic carbocycles. The third-order valence-electron chi connectivity index (χ3n) is 8.37. The Morgan fingerprint density at radius 2 is 1.79 bits per heavy atom. The number of hydrogen-bond donors (Lipinski definition) is 2. The Morgan fingerprint density at radius 3 is 2.40 bits per heavy atom. The Balaban J connectivity index is 1.51. The number of allylic oxidation sites excluding steroid dienone is 4. The van der Waals surface area contributed by atoms with Gasteiger partial charge in [-0.1, -0.05) is 42.5 Å². The van der Waals surface area contributed by atoms with Crippen LogP contribution in [0.4, 0.5) is 13.6 Å². The SMILES string of the molecule is C=C(CC[C@@H]1CN(C(=O)OC(C)(C)C)CC2(CCOCC2)O1)/C(=C\C=C/C)NC(=O)[C@@H](N)[C@@H](c1ccc(Cl)cc1)c1cc(F)cc(F)c1. The molecule has 2 fully saturated rings. The molecule has 0 radical (unpaired) electrons. The second-order valence-corrected chi connectivity index (χ2v) is 13.8. The van der Waals surface area contributed by atoms with Crippen LogP contribution in [0.5, 0.6) is 0 Å². The number of carbonyl (C=O) groups excluding carboxylic acids is 2. The normalized spacial score (nSPS) is 19.6. The van der Waals surface area contributed by atoms with Crippen molar-refractivity contribution in [2.45, 2.75) is 82.6 Å². The van der Waals surface area contributed by atoms with E-state index in [1.807, 2.05) is 33.8 Å². The molecule has 2 heterocycles. The van der Waals surface area contributed by atoms with Gasteiger partial charge in [-0.3, -0.25) is 4.79 Å². The number of nitrogens with zero attached hydrogens (tertiary/aromatic N) is 1. The first-order chi connectivity index (χ1) is 22.7. The molecule has 3 atom stereocenters. The average Bonchev–Trinajstić information content (AvgIpc) is 3.01. The molecule has 0 bridgehead atoms. The van der Waals surface area contributed by atoms with Crippen LogP contribution in [0.15, 0.2) is 78.5 Å². The number of carbonyl (C=O) groups is 2. The summed E-state index contributed by atoms with van der Waals surface area (Å²) in [6, 6.07) is 8.48. The van der Waals surface area contributed by atoms with Crippen molar-refractivity contribution >= 4 is 23.6 Å². The molecule has 2 saturated heterocycles. The Labute approximate surface area is 286 Å². The maximum absolute atomic E-state index is 14.3. The van der Waals surface area contributed by atoms with Crippen molar-refractivity contribution in [1.29, 1.82) is 0 Å². The Bertz CT molecular complexity index is 1500. The van der Waals surface area contributed by atoms with Gasteiger partial charge in [-0.15, -0.1) is 0 Å². The van der Waals surface area contributed by atoms with Crippen LogP contribution in [0.1, 0.15) is 70.4 Å². The smallest absolute Gasteiger partial charge is 0.410 e. The molecule has 1 spiro atoms. The number of ether oxygens (including phenoxy) is 3. The van der Waals surface area contributed by atoms with E-state index in [4.69, 9.17) is 31.5 Å². The van der Waals surface area contributed by atoms with Crippen LogP contribution < -0.4 is 11.1 Å². The lowest BCUT2D eigenvalue weighted by Crippen LogP contribution is -2.59. The quantitative estimate of drug-likeness (QED) is 0.257. The molecule has 2 amide bonds. The fourth-order valence-corrected chi connectivity index (χ4v) is 6.16. The molecule has 2 aromatic rings. The van der Waals surface area contributed by atoms with Gasteiger partial charge in [-0.2, -0.15) is 0 Å². The van der Waals surface area contributed by atoms with Crippen molar-refractivity contribution in [1.82, 2.24) is 10.2 Å². The molecule has 4 rings (SSSR count). The van der Waals surface area contributed by atoms with Crippen molar-refractivity contribution < 1.29 is 32.6 Å². The molecule has 11 heteroatoms. The number of halogens is 3. The van der Waals surface area contributed by atoms with Gasteiger partial charge < -0.3 is 30.2 Å². The summed E-state index contributed by atoms with van der Waals surface area (Å²) in [6.07, 6.45) is 6.89. The molecule has 0 unspecified atom stereocenters. The monoisotopic (exact) mass is 685 g/mol. The van der Waals surface area contributed by atoms with Crippen LogP contribution in [0.3, 0.4) is 0 Å². The van der Waals surface area contributed by atoms with Crippen molar-refractivity contribution in [3.8, 4) is 0 Å². The molecule has 0 aliphatic carbocycles. The van der Waals surface area contributed by atoms with Crippen LogP contribution >= 0.6 is 11.6 Å². The fourth-order valence-electron chi connectivity index (χ4n) is 6.03. The van der Waals surface area contributed by atoms with Crippen LogP contribution in [0, 0.1) is 11.6 Å². The highest BCUT2D eigenvalue weighted by atomic mass is 35.5.